The van der Waals surface area contributed by atoms with Crippen molar-refractivity contribution in [2.24, 2.45) is 5.92 Å². The maximum Gasteiger partial charge on any atom is 0.493 e. The van der Waals surface area contributed by atoms with Crippen molar-refractivity contribution in [2.75, 3.05) is 26.0 Å². The summed E-state index contributed by atoms with van der Waals surface area (Å²) in [4.78, 5) is 30.4. The van der Waals surface area contributed by atoms with Gasteiger partial charge in [0.25, 0.3) is 10.0 Å². The third kappa shape index (κ3) is 7.79. The van der Waals surface area contributed by atoms with Gasteiger partial charge < -0.3 is 9.57 Å². The molecule has 0 atom stereocenters. The van der Waals surface area contributed by atoms with E-state index in [-0.39, 0.29) is 24.2 Å². The fourth-order valence-electron chi connectivity index (χ4n) is 5.14. The number of carbonyl (C=O) groups excluding carboxylic acids is 2. The predicted octanol–water partition coefficient (Wildman–Crippen LogP) is 5.95. The fourth-order valence-corrected chi connectivity index (χ4v) is 5.99. The van der Waals surface area contributed by atoms with Crippen LogP contribution in [-0.2, 0) is 26.2 Å². The Kier molecular flexibility index (Phi) is 8.97. The second kappa shape index (κ2) is 12.2. The van der Waals surface area contributed by atoms with Crippen LogP contribution in [0.5, 0.6) is 5.75 Å². The van der Waals surface area contributed by atoms with E-state index in [4.69, 9.17) is 16.3 Å². The summed E-state index contributed by atoms with van der Waals surface area (Å²) < 4.78 is 82.9. The van der Waals surface area contributed by atoms with E-state index in [1.165, 1.54) is 24.5 Å². The second-order valence-corrected chi connectivity index (χ2v) is 13.7. The van der Waals surface area contributed by atoms with E-state index < -0.39 is 43.9 Å². The Morgan fingerprint density at radius 2 is 1.63 bits per heavy atom. The highest BCUT2D eigenvalue weighted by atomic mass is 35.5. The van der Waals surface area contributed by atoms with E-state index in [1.54, 1.807) is 0 Å². The zero-order chi connectivity index (χ0) is 31.1. The zero-order valence-corrected chi connectivity index (χ0v) is 24.9. The van der Waals surface area contributed by atoms with Gasteiger partial charge in [-0.05, 0) is 104 Å². The number of hydrogen-bond donors (Lipinski definition) is 0. The van der Waals surface area contributed by atoms with Crippen LogP contribution in [0.1, 0.15) is 77.4 Å². The molecule has 2 aromatic carbocycles. The molecule has 3 aliphatic rings. The number of benzene rings is 2. The minimum absolute atomic E-state index is 0.0488. The molecule has 14 heteroatoms. The van der Waals surface area contributed by atoms with Crippen LogP contribution in [0.25, 0.3) is 0 Å². The highest BCUT2D eigenvalue weighted by Crippen LogP contribution is 2.43. The highest BCUT2D eigenvalue weighted by Gasteiger charge is 2.46. The Morgan fingerprint density at radius 1 is 1.00 bits per heavy atom. The molecule has 43 heavy (non-hydrogen) atoms. The van der Waals surface area contributed by atoms with Gasteiger partial charge >= 0.3 is 18.1 Å². The molecule has 0 unspecified atom stereocenters. The average molecular weight is 647 g/mol. The lowest BCUT2D eigenvalue weighted by Gasteiger charge is -2.32. The maximum absolute atomic E-state index is 15.5. The van der Waals surface area contributed by atoms with E-state index in [1.807, 2.05) is 6.07 Å². The van der Waals surface area contributed by atoms with Crippen molar-refractivity contribution in [3.8, 4) is 5.75 Å². The number of piperidine rings is 1. The van der Waals surface area contributed by atoms with Gasteiger partial charge in [-0.2, -0.15) is 13.2 Å². The van der Waals surface area contributed by atoms with Crippen molar-refractivity contribution < 1.29 is 45.1 Å². The van der Waals surface area contributed by atoms with E-state index >= 15 is 4.39 Å². The molecule has 1 aliphatic heterocycles. The number of alkyl halides is 3. The molecule has 3 fully saturated rings. The SMILES string of the molecule is CS(=O)(=O)N(OC(=O)C(F)(F)F)C(=O)c1cc(C2CC2)cc(OCC2CCN(Cc3ccc(C4CC4)cc3Cl)CC2)c1F. The Morgan fingerprint density at radius 3 is 2.19 bits per heavy atom. The molecule has 234 valence electrons. The van der Waals surface area contributed by atoms with Crippen LogP contribution >= 0.6 is 11.6 Å². The first kappa shape index (κ1) is 31.5. The van der Waals surface area contributed by atoms with E-state index in [2.05, 4.69) is 21.9 Å². The Hall–Kier alpha value is -2.90. The average Bonchev–Trinajstić information content (AvgIpc) is 3.85. The van der Waals surface area contributed by atoms with Gasteiger partial charge in [-0.15, -0.1) is 0 Å². The number of likely N-dealkylation sites (tertiary alicyclic amines) is 1. The minimum Gasteiger partial charge on any atom is -0.490 e. The molecule has 0 radical (unpaired) electrons. The van der Waals surface area contributed by atoms with Crippen LogP contribution in [0.4, 0.5) is 17.6 Å². The first-order valence-electron chi connectivity index (χ1n) is 14.0. The number of hydroxylamine groups is 1. The predicted molar refractivity (Wildman–Crippen MR) is 148 cm³/mol. The van der Waals surface area contributed by atoms with Crippen molar-refractivity contribution in [1.82, 2.24) is 9.37 Å². The molecule has 0 spiro atoms. The van der Waals surface area contributed by atoms with Crippen molar-refractivity contribution in [3.05, 3.63) is 63.4 Å². The van der Waals surface area contributed by atoms with Gasteiger partial charge in [0, 0.05) is 11.6 Å². The minimum atomic E-state index is -5.59. The highest BCUT2D eigenvalue weighted by molar-refractivity contribution is 7.88. The lowest BCUT2D eigenvalue weighted by molar-refractivity contribution is -0.216. The number of carbonyl (C=O) groups is 2. The molecule has 8 nitrogen and oxygen atoms in total. The molecule has 2 saturated carbocycles. The van der Waals surface area contributed by atoms with Gasteiger partial charge in [-0.25, -0.2) is 17.6 Å². The third-order valence-electron chi connectivity index (χ3n) is 7.91. The lowest BCUT2D eigenvalue weighted by atomic mass is 9.97. The first-order chi connectivity index (χ1) is 20.2. The normalized spacial score (nSPS) is 18.4. The van der Waals surface area contributed by atoms with Crippen LogP contribution < -0.4 is 4.74 Å². The Bertz CT molecular complexity index is 1500. The maximum atomic E-state index is 15.5. The first-order valence-corrected chi connectivity index (χ1v) is 16.2. The zero-order valence-electron chi connectivity index (χ0n) is 23.3. The Labute approximate surface area is 251 Å². The summed E-state index contributed by atoms with van der Waals surface area (Å²) >= 11 is 6.53. The quantitative estimate of drug-likeness (QED) is 0.246. The summed E-state index contributed by atoms with van der Waals surface area (Å²) in [7, 11) is -4.86. The summed E-state index contributed by atoms with van der Waals surface area (Å²) in [6, 6.07) is 8.74. The number of sulfonamides is 1. The van der Waals surface area contributed by atoms with Crippen molar-refractivity contribution in [2.45, 2.75) is 63.1 Å². The summed E-state index contributed by atoms with van der Waals surface area (Å²) in [5.41, 5.74) is 1.92. The molecule has 1 amide bonds. The van der Waals surface area contributed by atoms with Crippen LogP contribution in [0.3, 0.4) is 0 Å². The number of rotatable bonds is 9. The van der Waals surface area contributed by atoms with Gasteiger partial charge in [0.1, 0.15) is 0 Å². The molecular formula is C29H31ClF4N2O6S. The standard InChI is InChI=1S/C29H31ClF4N2O6S/c1-43(39,40)36(42-28(38)29(32,33)34)27(37)23-12-22(19-4-5-19)14-25(26(23)31)41-16-17-8-10-35(11-9-17)15-21-7-6-20(13-24(21)30)18-2-3-18/h6-7,12-14,17-19H,2-5,8-11,15-16H2,1H3. The van der Waals surface area contributed by atoms with E-state index in [0.717, 1.165) is 55.4 Å². The van der Waals surface area contributed by atoms with Gasteiger partial charge in [0.2, 0.25) is 0 Å². The van der Waals surface area contributed by atoms with Gasteiger partial charge in [-0.3, -0.25) is 9.69 Å². The molecule has 2 aliphatic carbocycles. The molecule has 2 aromatic rings. The monoisotopic (exact) mass is 646 g/mol. The van der Waals surface area contributed by atoms with Crippen LogP contribution in [-0.4, -0.2) is 61.8 Å². The van der Waals surface area contributed by atoms with Crippen molar-refractivity contribution >= 4 is 33.5 Å². The second-order valence-electron chi connectivity index (χ2n) is 11.5. The molecular weight excluding hydrogens is 616 g/mol. The third-order valence-corrected chi connectivity index (χ3v) is 9.10. The molecule has 0 aromatic heterocycles. The van der Waals surface area contributed by atoms with Crippen LogP contribution in [0.2, 0.25) is 5.02 Å². The van der Waals surface area contributed by atoms with Crippen LogP contribution in [0, 0.1) is 11.7 Å². The summed E-state index contributed by atoms with van der Waals surface area (Å²) in [5.74, 6) is -5.66. The summed E-state index contributed by atoms with van der Waals surface area (Å²) in [6.07, 6.45) is 0.132. The number of halogens is 5. The van der Waals surface area contributed by atoms with Gasteiger partial charge in [0.05, 0.1) is 18.4 Å². The number of ether oxygens (including phenoxy) is 1. The van der Waals surface area contributed by atoms with E-state index in [9.17, 15) is 31.2 Å². The van der Waals surface area contributed by atoms with E-state index in [0.29, 0.717) is 24.3 Å². The van der Waals surface area contributed by atoms with Crippen molar-refractivity contribution in [3.63, 3.8) is 0 Å². The summed E-state index contributed by atoms with van der Waals surface area (Å²) in [6.45, 7) is 2.34. The largest absolute Gasteiger partial charge is 0.493 e. The smallest absolute Gasteiger partial charge is 0.490 e. The fraction of sp³-hybridized carbons (Fsp3) is 0.517. The summed E-state index contributed by atoms with van der Waals surface area (Å²) in [5, 5.41) is 0.758. The number of hydrogen-bond acceptors (Lipinski definition) is 7. The molecule has 1 heterocycles. The van der Waals surface area contributed by atoms with Crippen molar-refractivity contribution in [1.29, 1.82) is 0 Å². The van der Waals surface area contributed by atoms with Gasteiger partial charge in [0.15, 0.2) is 11.6 Å². The molecule has 0 N–H and O–H groups in total. The van der Waals surface area contributed by atoms with Gasteiger partial charge in [-0.1, -0.05) is 28.2 Å². The molecule has 1 saturated heterocycles. The topological polar surface area (TPSA) is 93.2 Å². The molecule has 0 bridgehead atoms. The molecule has 5 rings (SSSR count). The Balaban J connectivity index is 1.24. The number of nitrogens with zero attached hydrogens (tertiary/aromatic N) is 2. The number of amides is 1. The lowest BCUT2D eigenvalue weighted by Crippen LogP contribution is -2.42. The van der Waals surface area contributed by atoms with Crippen LogP contribution in [0.15, 0.2) is 30.3 Å².